The third-order valence-corrected chi connectivity index (χ3v) is 3.59. The molecular weight excluding hydrogens is 318 g/mol. The van der Waals surface area contributed by atoms with Gasteiger partial charge in [-0.3, -0.25) is 14.9 Å². The minimum atomic E-state index is -0.401. The Hall–Kier alpha value is -2.88. The SMILES string of the molecule is Cc1cc(C)n(-c2ccc(=O)n(CC(=O)Nc3nncs3)n2)n1. The summed E-state index contributed by atoms with van der Waals surface area (Å²) < 4.78 is 2.70. The van der Waals surface area contributed by atoms with E-state index in [0.29, 0.717) is 10.9 Å². The first-order chi connectivity index (χ1) is 11.0. The molecule has 3 aromatic heterocycles. The van der Waals surface area contributed by atoms with Crippen LogP contribution < -0.4 is 10.9 Å². The van der Waals surface area contributed by atoms with Gasteiger partial charge in [-0.1, -0.05) is 11.3 Å². The Kier molecular flexibility index (Phi) is 3.98. The van der Waals surface area contributed by atoms with Crippen LogP contribution in [0.2, 0.25) is 0 Å². The Balaban J connectivity index is 1.85. The van der Waals surface area contributed by atoms with Crippen molar-refractivity contribution in [2.45, 2.75) is 20.4 Å². The Labute approximate surface area is 134 Å². The molecule has 0 aliphatic carbocycles. The first kappa shape index (κ1) is 15.0. The van der Waals surface area contributed by atoms with Gasteiger partial charge in [-0.25, -0.2) is 9.36 Å². The maximum absolute atomic E-state index is 12.0. The normalized spacial score (nSPS) is 10.7. The maximum atomic E-state index is 12.0. The summed E-state index contributed by atoms with van der Waals surface area (Å²) in [5.74, 6) is 0.0702. The zero-order valence-corrected chi connectivity index (χ0v) is 13.2. The van der Waals surface area contributed by atoms with Crippen molar-refractivity contribution in [1.82, 2.24) is 29.8 Å². The Bertz CT molecular complexity index is 897. The first-order valence-electron chi connectivity index (χ1n) is 6.71. The lowest BCUT2D eigenvalue weighted by atomic mass is 10.4. The largest absolute Gasteiger partial charge is 0.299 e. The van der Waals surface area contributed by atoms with Crippen LogP contribution in [0.4, 0.5) is 5.13 Å². The van der Waals surface area contributed by atoms with Gasteiger partial charge >= 0.3 is 0 Å². The molecule has 118 valence electrons. The molecule has 23 heavy (non-hydrogen) atoms. The second-order valence-corrected chi connectivity index (χ2v) is 5.65. The zero-order chi connectivity index (χ0) is 16.4. The predicted octanol–water partition coefficient (Wildman–Crippen LogP) is 0.536. The molecule has 1 N–H and O–H groups in total. The molecule has 0 unspecified atom stereocenters. The van der Waals surface area contributed by atoms with Crippen LogP contribution in [0.1, 0.15) is 11.4 Å². The van der Waals surface area contributed by atoms with Crippen molar-refractivity contribution in [3.05, 3.63) is 45.5 Å². The maximum Gasteiger partial charge on any atom is 0.267 e. The quantitative estimate of drug-likeness (QED) is 0.747. The molecule has 0 spiro atoms. The Morgan fingerprint density at radius 3 is 2.78 bits per heavy atom. The fourth-order valence-electron chi connectivity index (χ4n) is 2.05. The highest BCUT2D eigenvalue weighted by molar-refractivity contribution is 7.13. The van der Waals surface area contributed by atoms with Gasteiger partial charge in [0, 0.05) is 11.8 Å². The van der Waals surface area contributed by atoms with Crippen molar-refractivity contribution in [3.8, 4) is 5.82 Å². The van der Waals surface area contributed by atoms with Gasteiger partial charge in [0.25, 0.3) is 5.56 Å². The molecule has 9 nitrogen and oxygen atoms in total. The summed E-state index contributed by atoms with van der Waals surface area (Å²) >= 11 is 1.19. The van der Waals surface area contributed by atoms with Crippen LogP contribution in [-0.2, 0) is 11.3 Å². The highest BCUT2D eigenvalue weighted by Crippen LogP contribution is 2.09. The van der Waals surface area contributed by atoms with Crippen LogP contribution >= 0.6 is 11.3 Å². The summed E-state index contributed by atoms with van der Waals surface area (Å²) in [6.45, 7) is 3.54. The summed E-state index contributed by atoms with van der Waals surface area (Å²) in [6, 6.07) is 4.83. The summed E-state index contributed by atoms with van der Waals surface area (Å²) in [5, 5.41) is 18.8. The molecule has 0 fully saturated rings. The molecular formula is C13H13N7O2S. The highest BCUT2D eigenvalue weighted by atomic mass is 32.1. The lowest BCUT2D eigenvalue weighted by molar-refractivity contribution is -0.117. The number of nitrogens with zero attached hydrogens (tertiary/aromatic N) is 6. The standard InChI is InChI=1S/C13H13N7O2S/c1-8-5-9(2)20(17-8)10-3-4-12(22)19(18-10)6-11(21)15-13-16-14-7-23-13/h3-5,7H,6H2,1-2H3,(H,15,16,21). The molecule has 0 aliphatic rings. The van der Waals surface area contributed by atoms with E-state index >= 15 is 0 Å². The van der Waals surface area contributed by atoms with Crippen molar-refractivity contribution in [3.63, 3.8) is 0 Å². The smallest absolute Gasteiger partial charge is 0.267 e. The van der Waals surface area contributed by atoms with Gasteiger partial charge in [-0.2, -0.15) is 5.10 Å². The van der Waals surface area contributed by atoms with Crippen molar-refractivity contribution in [2.24, 2.45) is 0 Å². The van der Waals surface area contributed by atoms with E-state index in [1.807, 2.05) is 19.9 Å². The number of amides is 1. The number of carbonyl (C=O) groups is 1. The lowest BCUT2D eigenvalue weighted by Gasteiger charge is -2.07. The first-order valence-corrected chi connectivity index (χ1v) is 7.59. The second-order valence-electron chi connectivity index (χ2n) is 4.82. The van der Waals surface area contributed by atoms with E-state index in [1.165, 1.54) is 22.9 Å². The van der Waals surface area contributed by atoms with E-state index in [4.69, 9.17) is 0 Å². The minimum absolute atomic E-state index is 0.217. The summed E-state index contributed by atoms with van der Waals surface area (Å²) in [5.41, 5.74) is 2.86. The lowest BCUT2D eigenvalue weighted by Crippen LogP contribution is -2.30. The molecule has 0 saturated carbocycles. The monoisotopic (exact) mass is 331 g/mol. The van der Waals surface area contributed by atoms with Gasteiger partial charge in [-0.05, 0) is 26.0 Å². The molecule has 3 aromatic rings. The third-order valence-electron chi connectivity index (χ3n) is 2.98. The minimum Gasteiger partial charge on any atom is -0.299 e. The van der Waals surface area contributed by atoms with Crippen LogP contribution in [0.3, 0.4) is 0 Å². The number of anilines is 1. The van der Waals surface area contributed by atoms with Gasteiger partial charge in [0.2, 0.25) is 11.0 Å². The Morgan fingerprint density at radius 1 is 1.30 bits per heavy atom. The highest BCUT2D eigenvalue weighted by Gasteiger charge is 2.11. The number of nitrogens with one attached hydrogen (secondary N) is 1. The van der Waals surface area contributed by atoms with E-state index in [9.17, 15) is 9.59 Å². The van der Waals surface area contributed by atoms with E-state index < -0.39 is 5.91 Å². The average Bonchev–Trinajstić information content (AvgIpc) is 3.11. The Morgan fingerprint density at radius 2 is 2.13 bits per heavy atom. The van der Waals surface area contributed by atoms with Crippen molar-refractivity contribution in [2.75, 3.05) is 5.32 Å². The average molecular weight is 331 g/mol. The summed E-state index contributed by atoms with van der Waals surface area (Å²) in [6.07, 6.45) is 0. The van der Waals surface area contributed by atoms with Crippen LogP contribution in [0.5, 0.6) is 0 Å². The molecule has 0 aromatic carbocycles. The molecule has 0 bridgehead atoms. The van der Waals surface area contributed by atoms with Gasteiger partial charge in [0.15, 0.2) is 5.82 Å². The van der Waals surface area contributed by atoms with Crippen molar-refractivity contribution >= 4 is 22.4 Å². The predicted molar refractivity (Wildman–Crippen MR) is 83.6 cm³/mol. The number of rotatable bonds is 4. The van der Waals surface area contributed by atoms with E-state index in [1.54, 1.807) is 10.7 Å². The molecule has 0 saturated heterocycles. The summed E-state index contributed by atoms with van der Waals surface area (Å²) in [4.78, 5) is 23.9. The number of hydrogen-bond donors (Lipinski definition) is 1. The third kappa shape index (κ3) is 3.31. The molecule has 3 heterocycles. The van der Waals surface area contributed by atoms with Crippen LogP contribution in [-0.4, -0.2) is 35.7 Å². The molecule has 1 amide bonds. The van der Waals surface area contributed by atoms with Crippen molar-refractivity contribution < 1.29 is 4.79 Å². The summed E-state index contributed by atoms with van der Waals surface area (Å²) in [7, 11) is 0. The van der Waals surface area contributed by atoms with Gasteiger partial charge in [0.05, 0.1) is 5.69 Å². The molecule has 0 aliphatic heterocycles. The van der Waals surface area contributed by atoms with Crippen LogP contribution in [0, 0.1) is 13.8 Å². The van der Waals surface area contributed by atoms with Gasteiger partial charge < -0.3 is 0 Å². The topological polar surface area (TPSA) is 108 Å². The molecule has 10 heteroatoms. The van der Waals surface area contributed by atoms with E-state index in [0.717, 1.165) is 16.1 Å². The van der Waals surface area contributed by atoms with Gasteiger partial charge in [-0.15, -0.1) is 15.3 Å². The number of carbonyl (C=O) groups excluding carboxylic acids is 1. The second kappa shape index (κ2) is 6.08. The number of aryl methyl sites for hydroxylation is 2. The zero-order valence-electron chi connectivity index (χ0n) is 12.4. The van der Waals surface area contributed by atoms with Crippen LogP contribution in [0.15, 0.2) is 28.5 Å². The molecule has 0 radical (unpaired) electrons. The molecule has 3 rings (SSSR count). The van der Waals surface area contributed by atoms with Crippen LogP contribution in [0.25, 0.3) is 5.82 Å². The van der Waals surface area contributed by atoms with Crippen molar-refractivity contribution in [1.29, 1.82) is 0 Å². The molecule has 0 atom stereocenters. The fraction of sp³-hybridized carbons (Fsp3) is 0.231. The number of aromatic nitrogens is 6. The van der Waals surface area contributed by atoms with Gasteiger partial charge in [0.1, 0.15) is 12.1 Å². The number of hydrogen-bond acceptors (Lipinski definition) is 7. The van der Waals surface area contributed by atoms with E-state index in [2.05, 4.69) is 25.7 Å². The van der Waals surface area contributed by atoms with E-state index in [-0.39, 0.29) is 12.1 Å². The fourth-order valence-corrected chi connectivity index (χ4v) is 2.51.